The van der Waals surface area contributed by atoms with Crippen LogP contribution in [-0.4, -0.2) is 26.0 Å². The molecule has 0 aliphatic carbocycles. The van der Waals surface area contributed by atoms with Gasteiger partial charge >= 0.3 is 16.1 Å². The summed E-state index contributed by atoms with van der Waals surface area (Å²) in [5.41, 5.74) is 3.12. The number of carbonyl (C=O) groups excluding carboxylic acids is 1. The van der Waals surface area contributed by atoms with E-state index < -0.39 is 16.1 Å². The van der Waals surface area contributed by atoms with Crippen molar-refractivity contribution < 1.29 is 22.1 Å². The summed E-state index contributed by atoms with van der Waals surface area (Å²) in [5, 5.41) is 0.654. The molecule has 1 aromatic heterocycles. The molecule has 4 aromatic rings. The van der Waals surface area contributed by atoms with E-state index in [0.29, 0.717) is 22.0 Å². The molecular formula is C25H21NO5S. The number of fused-ring (bicyclic) bond motifs is 1. The second-order valence-corrected chi connectivity index (χ2v) is 8.67. The highest BCUT2D eigenvalue weighted by Crippen LogP contribution is 2.35. The van der Waals surface area contributed by atoms with E-state index in [-0.39, 0.29) is 17.3 Å². The van der Waals surface area contributed by atoms with Crippen LogP contribution in [0.1, 0.15) is 22.8 Å². The highest BCUT2D eigenvalue weighted by molar-refractivity contribution is 7.87. The predicted molar refractivity (Wildman–Crippen MR) is 122 cm³/mol. The van der Waals surface area contributed by atoms with Crippen molar-refractivity contribution in [3.63, 3.8) is 0 Å². The lowest BCUT2D eigenvalue weighted by molar-refractivity contribution is 0.0527. The Balaban J connectivity index is 1.82. The first-order chi connectivity index (χ1) is 15.4. The van der Waals surface area contributed by atoms with Gasteiger partial charge in [-0.05, 0) is 55.3 Å². The summed E-state index contributed by atoms with van der Waals surface area (Å²) in [6, 6.07) is 20.4. The molecule has 0 aliphatic heterocycles. The van der Waals surface area contributed by atoms with Gasteiger partial charge in [0.2, 0.25) is 0 Å². The Kier molecular flexibility index (Phi) is 5.92. The largest absolute Gasteiger partial charge is 0.462 e. The fourth-order valence-electron chi connectivity index (χ4n) is 3.43. The van der Waals surface area contributed by atoms with Crippen LogP contribution < -0.4 is 4.18 Å². The maximum atomic E-state index is 12.8. The fourth-order valence-corrected chi connectivity index (χ4v) is 4.36. The van der Waals surface area contributed by atoms with Gasteiger partial charge in [0.15, 0.2) is 5.75 Å². The van der Waals surface area contributed by atoms with Crippen molar-refractivity contribution in [2.75, 3.05) is 6.61 Å². The minimum absolute atomic E-state index is 0.0592. The molecule has 0 atom stereocenters. The van der Waals surface area contributed by atoms with Crippen LogP contribution in [-0.2, 0) is 14.9 Å². The minimum Gasteiger partial charge on any atom is -0.462 e. The van der Waals surface area contributed by atoms with Crippen molar-refractivity contribution >= 4 is 27.0 Å². The molecule has 3 aromatic carbocycles. The molecule has 0 saturated heterocycles. The molecule has 0 aliphatic rings. The van der Waals surface area contributed by atoms with Gasteiger partial charge in [-0.3, -0.25) is 4.98 Å². The Morgan fingerprint density at radius 1 is 0.906 bits per heavy atom. The van der Waals surface area contributed by atoms with Crippen LogP contribution in [0.4, 0.5) is 0 Å². The summed E-state index contributed by atoms with van der Waals surface area (Å²) in [7, 11) is -4.04. The molecule has 0 N–H and O–H groups in total. The molecule has 0 bridgehead atoms. The van der Waals surface area contributed by atoms with Gasteiger partial charge in [-0.2, -0.15) is 8.42 Å². The molecule has 0 amide bonds. The molecule has 7 heteroatoms. The lowest BCUT2D eigenvalue weighted by Gasteiger charge is -2.13. The Hall–Kier alpha value is -3.71. The Morgan fingerprint density at radius 2 is 1.66 bits per heavy atom. The van der Waals surface area contributed by atoms with Gasteiger partial charge in [0, 0.05) is 11.6 Å². The Bertz CT molecular complexity index is 1400. The number of carbonyl (C=O) groups is 1. The predicted octanol–water partition coefficient (Wildman–Crippen LogP) is 5.15. The highest BCUT2D eigenvalue weighted by Gasteiger charge is 2.20. The number of pyridine rings is 1. The average molecular weight is 448 g/mol. The van der Waals surface area contributed by atoms with Crippen LogP contribution in [0.5, 0.6) is 5.75 Å². The Labute approximate surface area is 186 Å². The number of hydrogen-bond acceptors (Lipinski definition) is 6. The number of rotatable bonds is 6. The van der Waals surface area contributed by atoms with E-state index in [2.05, 4.69) is 4.98 Å². The topological polar surface area (TPSA) is 82.6 Å². The summed E-state index contributed by atoms with van der Waals surface area (Å²) in [5.74, 6) is -0.319. The normalized spacial score (nSPS) is 11.3. The standard InChI is InChI=1S/C25H21NO5S/c1-3-30-25(27)22-8-5-4-7-19(22)20-15-16-26-24-21(20)9-6-10-23(24)31-32(28,29)18-13-11-17(2)12-14-18/h4-16H,3H2,1-2H3. The van der Waals surface area contributed by atoms with E-state index in [1.807, 2.05) is 25.1 Å². The van der Waals surface area contributed by atoms with Crippen LogP contribution in [0.25, 0.3) is 22.0 Å². The maximum Gasteiger partial charge on any atom is 0.339 e. The van der Waals surface area contributed by atoms with Gasteiger partial charge in [-0.15, -0.1) is 0 Å². The second-order valence-electron chi connectivity index (χ2n) is 7.13. The van der Waals surface area contributed by atoms with Gasteiger partial charge in [-0.1, -0.05) is 48.0 Å². The van der Waals surface area contributed by atoms with E-state index in [9.17, 15) is 13.2 Å². The van der Waals surface area contributed by atoms with E-state index in [0.717, 1.165) is 11.1 Å². The zero-order valence-electron chi connectivity index (χ0n) is 17.6. The van der Waals surface area contributed by atoms with Crippen molar-refractivity contribution in [2.45, 2.75) is 18.7 Å². The first kappa shape index (κ1) is 21.5. The number of aromatic nitrogens is 1. The number of hydrogen-bond donors (Lipinski definition) is 0. The van der Waals surface area contributed by atoms with Crippen LogP contribution in [0.15, 0.2) is 83.9 Å². The van der Waals surface area contributed by atoms with Gasteiger partial charge in [0.1, 0.15) is 10.4 Å². The first-order valence-corrected chi connectivity index (χ1v) is 11.5. The van der Waals surface area contributed by atoms with E-state index in [1.165, 1.54) is 12.1 Å². The van der Waals surface area contributed by atoms with Crippen molar-refractivity contribution in [1.82, 2.24) is 4.98 Å². The SMILES string of the molecule is CCOC(=O)c1ccccc1-c1ccnc2c(OS(=O)(=O)c3ccc(C)cc3)cccc12. The summed E-state index contributed by atoms with van der Waals surface area (Å²) in [6.45, 7) is 3.89. The molecule has 0 fully saturated rings. The van der Waals surface area contributed by atoms with E-state index in [1.54, 1.807) is 55.6 Å². The number of aryl methyl sites for hydroxylation is 1. The van der Waals surface area contributed by atoms with E-state index >= 15 is 0 Å². The summed E-state index contributed by atoms with van der Waals surface area (Å²) < 4.78 is 36.3. The maximum absolute atomic E-state index is 12.8. The third-order valence-corrected chi connectivity index (χ3v) is 6.20. The number of ether oxygens (including phenoxy) is 1. The molecule has 0 spiro atoms. The third-order valence-electron chi connectivity index (χ3n) is 4.96. The van der Waals surface area contributed by atoms with Crippen molar-refractivity contribution in [3.8, 4) is 16.9 Å². The smallest absolute Gasteiger partial charge is 0.339 e. The zero-order valence-corrected chi connectivity index (χ0v) is 18.4. The molecule has 0 radical (unpaired) electrons. The van der Waals surface area contributed by atoms with Gasteiger partial charge in [0.05, 0.1) is 12.2 Å². The van der Waals surface area contributed by atoms with Crippen molar-refractivity contribution in [2.24, 2.45) is 0 Å². The lowest BCUT2D eigenvalue weighted by Crippen LogP contribution is -2.10. The van der Waals surface area contributed by atoms with Crippen molar-refractivity contribution in [1.29, 1.82) is 0 Å². The second kappa shape index (κ2) is 8.80. The number of benzene rings is 3. The number of para-hydroxylation sites is 1. The summed E-state index contributed by atoms with van der Waals surface area (Å²) in [4.78, 5) is 16.9. The third kappa shape index (κ3) is 4.20. The number of nitrogens with zero attached hydrogens (tertiary/aromatic N) is 1. The molecular weight excluding hydrogens is 426 g/mol. The quantitative estimate of drug-likeness (QED) is 0.300. The molecule has 6 nitrogen and oxygen atoms in total. The monoisotopic (exact) mass is 447 g/mol. The molecule has 1 heterocycles. The van der Waals surface area contributed by atoms with Gasteiger partial charge in [0.25, 0.3) is 0 Å². The van der Waals surface area contributed by atoms with Crippen LogP contribution in [0, 0.1) is 6.92 Å². The molecule has 4 rings (SSSR count). The molecule has 0 unspecified atom stereocenters. The Morgan fingerprint density at radius 3 is 2.41 bits per heavy atom. The minimum atomic E-state index is -4.04. The summed E-state index contributed by atoms with van der Waals surface area (Å²) in [6.07, 6.45) is 1.56. The van der Waals surface area contributed by atoms with Crippen LogP contribution >= 0.6 is 0 Å². The van der Waals surface area contributed by atoms with Crippen molar-refractivity contribution in [3.05, 3.63) is 90.1 Å². The highest BCUT2D eigenvalue weighted by atomic mass is 32.2. The molecule has 0 saturated carbocycles. The average Bonchev–Trinajstić information content (AvgIpc) is 2.79. The first-order valence-electron chi connectivity index (χ1n) is 10.1. The zero-order chi connectivity index (χ0) is 22.7. The number of esters is 1. The van der Waals surface area contributed by atoms with E-state index in [4.69, 9.17) is 8.92 Å². The lowest BCUT2D eigenvalue weighted by atomic mass is 9.96. The summed E-state index contributed by atoms with van der Waals surface area (Å²) >= 11 is 0. The van der Waals surface area contributed by atoms with Gasteiger partial charge in [-0.25, -0.2) is 4.79 Å². The van der Waals surface area contributed by atoms with Gasteiger partial charge < -0.3 is 8.92 Å². The van der Waals surface area contributed by atoms with Crippen LogP contribution in [0.2, 0.25) is 0 Å². The van der Waals surface area contributed by atoms with Crippen LogP contribution in [0.3, 0.4) is 0 Å². The molecule has 162 valence electrons. The molecule has 32 heavy (non-hydrogen) atoms. The fraction of sp³-hybridized carbons (Fsp3) is 0.120.